The molecule has 0 aliphatic rings. The molecule has 33 heavy (non-hydrogen) atoms. The number of hydrogen-bond acceptors (Lipinski definition) is 7. The van der Waals surface area contributed by atoms with Gasteiger partial charge in [-0.15, -0.1) is 0 Å². The Balaban J connectivity index is 0.000000383. The standard InChI is InChI=1S/C17H11F2N5O2.C2HF3O2/c18-9-5-10(19)7-12(6-9)22-16-20-4-3-15(24-16)21-11-1-2-14-13(8-11)23-17(25)26-14;3-2(4,5)1(6)7/h1-8H,(H,23,25)(H2,20,21,22,24);(H,6,7). The quantitative estimate of drug-likeness (QED) is 0.325. The zero-order valence-corrected chi connectivity index (χ0v) is 16.1. The molecule has 0 aliphatic carbocycles. The number of alkyl halides is 3. The summed E-state index contributed by atoms with van der Waals surface area (Å²) in [5.74, 6) is -4.09. The minimum Gasteiger partial charge on any atom is -0.475 e. The first-order chi connectivity index (χ1) is 15.5. The van der Waals surface area contributed by atoms with Crippen molar-refractivity contribution >= 4 is 40.2 Å². The topological polar surface area (TPSA) is 133 Å². The molecule has 0 saturated carbocycles. The van der Waals surface area contributed by atoms with Gasteiger partial charge in [0.2, 0.25) is 5.95 Å². The van der Waals surface area contributed by atoms with Crippen molar-refractivity contribution in [2.24, 2.45) is 0 Å². The molecule has 0 atom stereocenters. The highest BCUT2D eigenvalue weighted by Crippen LogP contribution is 2.21. The summed E-state index contributed by atoms with van der Waals surface area (Å²) in [6, 6.07) is 9.73. The van der Waals surface area contributed by atoms with Gasteiger partial charge in [0, 0.05) is 23.6 Å². The van der Waals surface area contributed by atoms with Crippen LogP contribution in [0.3, 0.4) is 0 Å². The number of carboxylic acids is 1. The number of carboxylic acid groups (broad SMARTS) is 1. The molecule has 2 aromatic heterocycles. The molecule has 9 nitrogen and oxygen atoms in total. The molecular weight excluding hydrogens is 457 g/mol. The molecule has 0 bridgehead atoms. The summed E-state index contributed by atoms with van der Waals surface area (Å²) in [5.41, 5.74) is 1.84. The summed E-state index contributed by atoms with van der Waals surface area (Å²) in [4.78, 5) is 30.9. The summed E-state index contributed by atoms with van der Waals surface area (Å²) in [7, 11) is 0. The molecule has 4 aromatic rings. The van der Waals surface area contributed by atoms with Gasteiger partial charge in [0.1, 0.15) is 17.5 Å². The minimum absolute atomic E-state index is 0.165. The van der Waals surface area contributed by atoms with E-state index in [0.29, 0.717) is 22.6 Å². The van der Waals surface area contributed by atoms with Gasteiger partial charge in [-0.3, -0.25) is 4.98 Å². The first kappa shape index (κ1) is 23.2. The van der Waals surface area contributed by atoms with Crippen LogP contribution in [0.4, 0.5) is 45.1 Å². The first-order valence-corrected chi connectivity index (χ1v) is 8.76. The van der Waals surface area contributed by atoms with Crippen molar-refractivity contribution in [3.8, 4) is 0 Å². The largest absolute Gasteiger partial charge is 0.490 e. The first-order valence-electron chi connectivity index (χ1n) is 8.76. The van der Waals surface area contributed by atoms with Crippen molar-refractivity contribution in [1.82, 2.24) is 15.0 Å². The molecule has 2 heterocycles. The Bertz CT molecular complexity index is 1330. The lowest BCUT2D eigenvalue weighted by Gasteiger charge is -2.08. The van der Waals surface area contributed by atoms with E-state index in [9.17, 15) is 26.7 Å². The number of fused-ring (bicyclic) bond motifs is 1. The predicted octanol–water partition coefficient (Wildman–Crippen LogP) is 4.31. The van der Waals surface area contributed by atoms with E-state index in [1.165, 1.54) is 6.20 Å². The third-order valence-electron chi connectivity index (χ3n) is 3.71. The number of aromatic amines is 1. The van der Waals surface area contributed by atoms with E-state index in [2.05, 4.69) is 25.6 Å². The molecule has 172 valence electrons. The number of nitrogens with one attached hydrogen (secondary N) is 3. The normalized spacial score (nSPS) is 10.9. The monoisotopic (exact) mass is 469 g/mol. The molecule has 2 aromatic carbocycles. The van der Waals surface area contributed by atoms with Crippen molar-refractivity contribution in [2.45, 2.75) is 6.18 Å². The molecule has 0 radical (unpaired) electrons. The molecule has 14 heteroatoms. The zero-order valence-electron chi connectivity index (χ0n) is 16.1. The minimum atomic E-state index is -5.08. The Morgan fingerprint density at radius 3 is 2.30 bits per heavy atom. The molecule has 0 unspecified atom stereocenters. The van der Waals surface area contributed by atoms with Crippen molar-refractivity contribution in [1.29, 1.82) is 0 Å². The number of halogens is 5. The second-order valence-corrected chi connectivity index (χ2v) is 6.20. The van der Waals surface area contributed by atoms with E-state index in [1.54, 1.807) is 24.3 Å². The number of rotatable bonds is 4. The fourth-order valence-corrected chi connectivity index (χ4v) is 2.42. The Morgan fingerprint density at radius 2 is 1.67 bits per heavy atom. The molecule has 4 N–H and O–H groups in total. The van der Waals surface area contributed by atoms with E-state index in [-0.39, 0.29) is 11.6 Å². The number of aliphatic carboxylic acids is 1. The van der Waals surface area contributed by atoms with E-state index in [1.807, 2.05) is 0 Å². The van der Waals surface area contributed by atoms with Crippen LogP contribution in [0.15, 0.2) is 57.9 Å². The van der Waals surface area contributed by atoms with Crippen LogP contribution < -0.4 is 16.4 Å². The highest BCUT2D eigenvalue weighted by molar-refractivity contribution is 5.78. The van der Waals surface area contributed by atoms with Gasteiger partial charge in [-0.2, -0.15) is 18.2 Å². The third kappa shape index (κ3) is 6.49. The third-order valence-corrected chi connectivity index (χ3v) is 3.71. The summed E-state index contributed by atoms with van der Waals surface area (Å²) < 4.78 is 63.2. The fraction of sp³-hybridized carbons (Fsp3) is 0.0526. The summed E-state index contributed by atoms with van der Waals surface area (Å²) in [6.07, 6.45) is -3.59. The number of aromatic nitrogens is 3. The number of benzene rings is 2. The van der Waals surface area contributed by atoms with E-state index < -0.39 is 29.5 Å². The van der Waals surface area contributed by atoms with Gasteiger partial charge in [0.25, 0.3) is 0 Å². The van der Waals surface area contributed by atoms with E-state index in [0.717, 1.165) is 18.2 Å². The van der Waals surface area contributed by atoms with Gasteiger partial charge in [0.05, 0.1) is 5.52 Å². The molecule has 0 spiro atoms. The summed E-state index contributed by atoms with van der Waals surface area (Å²) >= 11 is 0. The van der Waals surface area contributed by atoms with Crippen LogP contribution in [-0.2, 0) is 4.79 Å². The van der Waals surface area contributed by atoms with Crippen LogP contribution in [0.5, 0.6) is 0 Å². The predicted molar refractivity (Wildman–Crippen MR) is 105 cm³/mol. The maximum atomic E-state index is 13.3. The van der Waals surface area contributed by atoms with Crippen LogP contribution >= 0.6 is 0 Å². The van der Waals surface area contributed by atoms with Gasteiger partial charge in [-0.1, -0.05) is 0 Å². The zero-order chi connectivity index (χ0) is 24.2. The van der Waals surface area contributed by atoms with E-state index in [4.69, 9.17) is 14.3 Å². The van der Waals surface area contributed by atoms with Gasteiger partial charge in [-0.05, 0) is 36.4 Å². The highest BCUT2D eigenvalue weighted by Gasteiger charge is 2.38. The van der Waals surface area contributed by atoms with Gasteiger partial charge in [-0.25, -0.2) is 23.4 Å². The number of oxazole rings is 1. The van der Waals surface area contributed by atoms with Gasteiger partial charge < -0.3 is 20.2 Å². The Labute approximate surface area is 179 Å². The van der Waals surface area contributed by atoms with Crippen LogP contribution in [0.1, 0.15) is 0 Å². The molecule has 0 fully saturated rings. The van der Waals surface area contributed by atoms with Crippen molar-refractivity contribution < 1.29 is 36.3 Å². The number of anilines is 4. The van der Waals surface area contributed by atoms with Crippen molar-refractivity contribution in [3.05, 3.63) is 70.8 Å². The molecule has 0 aliphatic heterocycles. The Hall–Kier alpha value is -4.49. The number of hydrogen-bond donors (Lipinski definition) is 4. The van der Waals surface area contributed by atoms with Crippen molar-refractivity contribution in [2.75, 3.05) is 10.6 Å². The lowest BCUT2D eigenvalue weighted by Crippen LogP contribution is -2.21. The summed E-state index contributed by atoms with van der Waals surface area (Å²) in [5, 5.41) is 12.9. The molecule has 0 amide bonds. The molecule has 0 saturated heterocycles. The fourth-order valence-electron chi connectivity index (χ4n) is 2.42. The van der Waals surface area contributed by atoms with Crippen LogP contribution in [0.25, 0.3) is 11.1 Å². The van der Waals surface area contributed by atoms with E-state index >= 15 is 0 Å². The smallest absolute Gasteiger partial charge is 0.475 e. The second-order valence-electron chi connectivity index (χ2n) is 6.20. The lowest BCUT2D eigenvalue weighted by molar-refractivity contribution is -0.192. The molecule has 4 rings (SSSR count). The SMILES string of the molecule is O=C(O)C(F)(F)F.O=c1[nH]c2cc(Nc3ccnc(Nc4cc(F)cc(F)c4)n3)ccc2o1. The van der Waals surface area contributed by atoms with Crippen LogP contribution in [-0.4, -0.2) is 32.2 Å². The Kier molecular flexibility index (Phi) is 6.56. The van der Waals surface area contributed by atoms with Gasteiger partial charge >= 0.3 is 17.9 Å². The van der Waals surface area contributed by atoms with Crippen LogP contribution in [0, 0.1) is 11.6 Å². The Morgan fingerprint density at radius 1 is 1.00 bits per heavy atom. The van der Waals surface area contributed by atoms with Crippen LogP contribution in [0.2, 0.25) is 0 Å². The maximum Gasteiger partial charge on any atom is 0.490 e. The average molecular weight is 469 g/mol. The van der Waals surface area contributed by atoms with Gasteiger partial charge in [0.15, 0.2) is 5.58 Å². The average Bonchev–Trinajstić information content (AvgIpc) is 3.06. The number of H-pyrrole nitrogens is 1. The molecular formula is C19H12F5N5O4. The lowest BCUT2D eigenvalue weighted by atomic mass is 10.3. The number of nitrogens with zero attached hydrogens (tertiary/aromatic N) is 2. The summed E-state index contributed by atoms with van der Waals surface area (Å²) in [6.45, 7) is 0. The highest BCUT2D eigenvalue weighted by atomic mass is 19.4. The number of carbonyl (C=O) groups is 1. The second kappa shape index (κ2) is 9.33. The maximum absolute atomic E-state index is 13.3. The van der Waals surface area contributed by atoms with Crippen molar-refractivity contribution in [3.63, 3.8) is 0 Å².